The largest absolute Gasteiger partial charge is 0.468 e. The molecule has 2 fully saturated rings. The van der Waals surface area contributed by atoms with Gasteiger partial charge in [-0.1, -0.05) is 13.3 Å². The predicted octanol–water partition coefficient (Wildman–Crippen LogP) is 2.18. The van der Waals surface area contributed by atoms with E-state index in [2.05, 4.69) is 17.1 Å². The van der Waals surface area contributed by atoms with Gasteiger partial charge in [-0.15, -0.1) is 0 Å². The van der Waals surface area contributed by atoms with Gasteiger partial charge in [-0.25, -0.2) is 0 Å². The normalized spacial score (nSPS) is 33.0. The number of ether oxygens (including phenoxy) is 1. The number of nitrogens with zero attached hydrogens (tertiary/aromatic N) is 1. The highest BCUT2D eigenvalue weighted by Gasteiger charge is 2.44. The number of likely N-dealkylation sites (tertiary alicyclic amines) is 1. The van der Waals surface area contributed by atoms with Crippen LogP contribution in [0.2, 0.25) is 0 Å². The van der Waals surface area contributed by atoms with Gasteiger partial charge < -0.3 is 15.0 Å². The maximum absolute atomic E-state index is 12.1. The third-order valence-corrected chi connectivity index (χ3v) is 5.52. The molecular weight excluding hydrogens is 252 g/mol. The van der Waals surface area contributed by atoms with Crippen LogP contribution in [-0.2, 0) is 9.53 Å². The fourth-order valence-electron chi connectivity index (χ4n) is 3.99. The van der Waals surface area contributed by atoms with E-state index in [1.165, 1.54) is 45.9 Å². The van der Waals surface area contributed by atoms with Crippen molar-refractivity contribution in [1.29, 1.82) is 0 Å². The molecule has 0 aromatic carbocycles. The molecule has 0 aromatic rings. The van der Waals surface area contributed by atoms with Crippen molar-refractivity contribution in [3.8, 4) is 0 Å². The van der Waals surface area contributed by atoms with Crippen LogP contribution in [0, 0.1) is 5.92 Å². The molecule has 4 nitrogen and oxygen atoms in total. The lowest BCUT2D eigenvalue weighted by molar-refractivity contribution is -0.151. The number of likely N-dealkylation sites (N-methyl/N-ethyl adjacent to an activating group) is 1. The molecule has 0 spiro atoms. The van der Waals surface area contributed by atoms with Gasteiger partial charge in [0.25, 0.3) is 0 Å². The Kier molecular flexibility index (Phi) is 5.44. The molecule has 1 saturated heterocycles. The van der Waals surface area contributed by atoms with Crippen LogP contribution in [-0.4, -0.2) is 49.7 Å². The summed E-state index contributed by atoms with van der Waals surface area (Å²) in [5.74, 6) is 0.817. The van der Waals surface area contributed by atoms with Crippen molar-refractivity contribution in [2.75, 3.05) is 27.2 Å². The predicted molar refractivity (Wildman–Crippen MR) is 80.7 cm³/mol. The average Bonchev–Trinajstić information content (AvgIpc) is 2.54. The molecule has 1 N–H and O–H groups in total. The van der Waals surface area contributed by atoms with E-state index >= 15 is 0 Å². The van der Waals surface area contributed by atoms with Crippen LogP contribution in [0.3, 0.4) is 0 Å². The molecular formula is C16H30N2O2. The molecule has 0 amide bonds. The van der Waals surface area contributed by atoms with Crippen molar-refractivity contribution < 1.29 is 9.53 Å². The van der Waals surface area contributed by atoms with E-state index < -0.39 is 5.54 Å². The Morgan fingerprint density at radius 3 is 2.60 bits per heavy atom. The molecule has 116 valence electrons. The number of piperidine rings is 1. The number of rotatable bonds is 4. The number of carbonyl (C=O) groups excluding carboxylic acids is 1. The second-order valence-electron chi connectivity index (χ2n) is 6.46. The van der Waals surface area contributed by atoms with Crippen LogP contribution >= 0.6 is 0 Å². The minimum absolute atomic E-state index is 0.0897. The van der Waals surface area contributed by atoms with Gasteiger partial charge in [0.15, 0.2) is 0 Å². The van der Waals surface area contributed by atoms with Gasteiger partial charge in [-0.2, -0.15) is 0 Å². The van der Waals surface area contributed by atoms with Gasteiger partial charge >= 0.3 is 5.97 Å². The number of hydrogen-bond donors (Lipinski definition) is 1. The Hall–Kier alpha value is -0.610. The molecule has 0 aromatic heterocycles. The fraction of sp³-hybridized carbons (Fsp3) is 0.938. The molecule has 2 aliphatic rings. The molecule has 1 aliphatic heterocycles. The molecule has 2 rings (SSSR count). The molecule has 1 heterocycles. The topological polar surface area (TPSA) is 41.6 Å². The third-order valence-electron chi connectivity index (χ3n) is 5.52. The summed E-state index contributed by atoms with van der Waals surface area (Å²) in [6, 6.07) is 0.535. The summed E-state index contributed by atoms with van der Waals surface area (Å²) in [5.41, 5.74) is -0.459. The van der Waals surface area contributed by atoms with Crippen molar-refractivity contribution >= 4 is 5.97 Å². The zero-order valence-electron chi connectivity index (χ0n) is 13.3. The minimum atomic E-state index is -0.459. The number of carbonyl (C=O) groups is 1. The Morgan fingerprint density at radius 2 is 2.05 bits per heavy atom. The fourth-order valence-corrected chi connectivity index (χ4v) is 3.99. The van der Waals surface area contributed by atoms with E-state index in [-0.39, 0.29) is 5.97 Å². The van der Waals surface area contributed by atoms with Gasteiger partial charge in [0.05, 0.1) is 7.11 Å². The van der Waals surface area contributed by atoms with Crippen molar-refractivity contribution in [1.82, 2.24) is 10.2 Å². The van der Waals surface area contributed by atoms with Crippen LogP contribution < -0.4 is 5.32 Å². The van der Waals surface area contributed by atoms with E-state index in [0.29, 0.717) is 6.04 Å². The van der Waals surface area contributed by atoms with Gasteiger partial charge in [-0.3, -0.25) is 4.79 Å². The van der Waals surface area contributed by atoms with Crippen molar-refractivity contribution in [3.05, 3.63) is 0 Å². The van der Waals surface area contributed by atoms with Crippen LogP contribution in [0.15, 0.2) is 0 Å². The first-order valence-corrected chi connectivity index (χ1v) is 8.16. The zero-order chi connectivity index (χ0) is 14.6. The summed E-state index contributed by atoms with van der Waals surface area (Å²) in [5, 5.41) is 3.26. The monoisotopic (exact) mass is 282 g/mol. The molecule has 4 heteroatoms. The standard InChI is InChI=1S/C16H30N2O2/c1-4-13-7-10-18(11-8-13)14-6-5-9-16(12-14,17-2)15(19)20-3/h13-14,17H,4-12H2,1-3H3. The van der Waals surface area contributed by atoms with Gasteiger partial charge in [0, 0.05) is 6.04 Å². The Morgan fingerprint density at radius 1 is 1.35 bits per heavy atom. The first-order valence-electron chi connectivity index (χ1n) is 8.16. The van der Waals surface area contributed by atoms with Crippen molar-refractivity contribution in [2.24, 2.45) is 5.92 Å². The number of nitrogens with one attached hydrogen (secondary N) is 1. The van der Waals surface area contributed by atoms with Gasteiger partial charge in [0.2, 0.25) is 0 Å². The summed E-state index contributed by atoms with van der Waals surface area (Å²) >= 11 is 0. The molecule has 2 unspecified atom stereocenters. The van der Waals surface area contributed by atoms with E-state index in [0.717, 1.165) is 25.2 Å². The third kappa shape index (κ3) is 3.17. The first kappa shape index (κ1) is 15.8. The van der Waals surface area contributed by atoms with E-state index in [1.807, 2.05) is 7.05 Å². The van der Waals surface area contributed by atoms with E-state index in [1.54, 1.807) is 0 Å². The maximum Gasteiger partial charge on any atom is 0.326 e. The SMILES string of the molecule is CCC1CCN(C2CCCC(NC)(C(=O)OC)C2)CC1. The van der Waals surface area contributed by atoms with Crippen molar-refractivity contribution in [3.63, 3.8) is 0 Å². The summed E-state index contributed by atoms with van der Waals surface area (Å²) in [6.07, 6.45) is 8.06. The second-order valence-corrected chi connectivity index (χ2v) is 6.46. The van der Waals surface area contributed by atoms with Crippen LogP contribution in [0.1, 0.15) is 51.9 Å². The molecule has 1 saturated carbocycles. The lowest BCUT2D eigenvalue weighted by Crippen LogP contribution is -2.58. The second kappa shape index (κ2) is 6.90. The van der Waals surface area contributed by atoms with Crippen LogP contribution in [0.25, 0.3) is 0 Å². The number of methoxy groups -OCH3 is 1. The molecule has 0 radical (unpaired) electrons. The summed E-state index contributed by atoms with van der Waals surface area (Å²) in [6.45, 7) is 4.69. The number of hydrogen-bond acceptors (Lipinski definition) is 4. The molecule has 2 atom stereocenters. The number of esters is 1. The summed E-state index contributed by atoms with van der Waals surface area (Å²) < 4.78 is 5.03. The quantitative estimate of drug-likeness (QED) is 0.803. The lowest BCUT2D eigenvalue weighted by Gasteiger charge is -2.45. The first-order chi connectivity index (χ1) is 9.65. The molecule has 1 aliphatic carbocycles. The smallest absolute Gasteiger partial charge is 0.326 e. The minimum Gasteiger partial charge on any atom is -0.468 e. The highest BCUT2D eigenvalue weighted by atomic mass is 16.5. The van der Waals surface area contributed by atoms with E-state index in [9.17, 15) is 4.79 Å². The maximum atomic E-state index is 12.1. The highest BCUT2D eigenvalue weighted by Crippen LogP contribution is 2.34. The van der Waals surface area contributed by atoms with E-state index in [4.69, 9.17) is 4.74 Å². The Balaban J connectivity index is 1.98. The Labute approximate surface area is 123 Å². The lowest BCUT2D eigenvalue weighted by atomic mass is 9.77. The van der Waals surface area contributed by atoms with Gasteiger partial charge in [0.1, 0.15) is 5.54 Å². The summed E-state index contributed by atoms with van der Waals surface area (Å²) in [4.78, 5) is 14.8. The zero-order valence-corrected chi connectivity index (χ0v) is 13.3. The van der Waals surface area contributed by atoms with Gasteiger partial charge in [-0.05, 0) is 64.6 Å². The van der Waals surface area contributed by atoms with Crippen LogP contribution in [0.4, 0.5) is 0 Å². The van der Waals surface area contributed by atoms with Crippen LogP contribution in [0.5, 0.6) is 0 Å². The molecule has 20 heavy (non-hydrogen) atoms. The highest BCUT2D eigenvalue weighted by molar-refractivity contribution is 5.81. The van der Waals surface area contributed by atoms with Crippen molar-refractivity contribution in [2.45, 2.75) is 63.5 Å². The Bertz CT molecular complexity index is 326. The summed E-state index contributed by atoms with van der Waals surface area (Å²) in [7, 11) is 3.39. The average molecular weight is 282 g/mol. The molecule has 0 bridgehead atoms.